The van der Waals surface area contributed by atoms with E-state index in [1.54, 1.807) is 5.56 Å². The van der Waals surface area contributed by atoms with Crippen LogP contribution >= 0.6 is 0 Å². The molecule has 2 spiro atoms. The monoisotopic (exact) mass is 771 g/mol. The number of nitrogens with zero attached hydrogens (tertiary/aromatic N) is 3. The molecule has 4 nitrogen and oxygen atoms in total. The van der Waals surface area contributed by atoms with Crippen LogP contribution in [-0.4, -0.2) is 16.0 Å². The van der Waals surface area contributed by atoms with Crippen molar-refractivity contribution in [1.29, 1.82) is 0 Å². The lowest BCUT2D eigenvalue weighted by Gasteiger charge is -2.67. The zero-order valence-electron chi connectivity index (χ0n) is 33.2. The Morgan fingerprint density at radius 3 is 1.90 bits per heavy atom. The van der Waals surface area contributed by atoms with Gasteiger partial charge in [-0.25, -0.2) is 4.98 Å². The topological polar surface area (TPSA) is 42.2 Å². The van der Waals surface area contributed by atoms with Gasteiger partial charge in [0.05, 0.1) is 35.2 Å². The van der Waals surface area contributed by atoms with E-state index in [4.69, 9.17) is 14.4 Å². The number of allylic oxidation sites excluding steroid dienone is 2. The molecule has 4 bridgehead atoms. The summed E-state index contributed by atoms with van der Waals surface area (Å²) in [4.78, 5) is 13.3. The summed E-state index contributed by atoms with van der Waals surface area (Å²) in [6.07, 6.45) is 17.8. The number of pyridine rings is 2. The van der Waals surface area contributed by atoms with Gasteiger partial charge in [0.15, 0.2) is 0 Å². The molecule has 5 saturated carbocycles. The smallest absolute Gasteiger partial charge is 0.227 e. The van der Waals surface area contributed by atoms with E-state index in [1.165, 1.54) is 117 Å². The van der Waals surface area contributed by atoms with Gasteiger partial charge in [-0.1, -0.05) is 115 Å². The van der Waals surface area contributed by atoms with Crippen molar-refractivity contribution >= 4 is 44.6 Å². The molecule has 2 aliphatic heterocycles. The lowest BCUT2D eigenvalue weighted by atomic mass is 9.37. The van der Waals surface area contributed by atoms with E-state index >= 15 is 0 Å². The van der Waals surface area contributed by atoms with Crippen LogP contribution in [0.4, 0.5) is 11.4 Å². The molecule has 5 aromatic carbocycles. The highest BCUT2D eigenvalue weighted by Gasteiger charge is 2.67. The number of fused-ring (bicyclic) bond motifs is 10. The largest absolute Gasteiger partial charge is 0.438 e. The number of hydrogen-bond donors (Lipinski definition) is 0. The molecule has 8 aromatic rings. The van der Waals surface area contributed by atoms with Crippen LogP contribution in [0, 0.1) is 10.8 Å². The lowest BCUT2D eigenvalue weighted by Crippen LogP contribution is -2.56. The summed E-state index contributed by atoms with van der Waals surface area (Å²) in [5.74, 6) is 1.24. The maximum absolute atomic E-state index is 6.51. The molecule has 286 valence electrons. The van der Waals surface area contributed by atoms with Crippen molar-refractivity contribution in [2.45, 2.75) is 62.3 Å². The van der Waals surface area contributed by atoms with Crippen molar-refractivity contribution in [3.05, 3.63) is 180 Å². The maximum Gasteiger partial charge on any atom is 0.227 e. The number of benzene rings is 5. The van der Waals surface area contributed by atoms with E-state index in [-0.39, 0.29) is 12.0 Å². The highest BCUT2D eigenvalue weighted by Crippen LogP contribution is 2.79. The Morgan fingerprint density at radius 1 is 0.583 bits per heavy atom. The van der Waals surface area contributed by atoms with Gasteiger partial charge in [0.1, 0.15) is 5.58 Å². The Morgan fingerprint density at radius 2 is 1.20 bits per heavy atom. The summed E-state index contributed by atoms with van der Waals surface area (Å²) in [7, 11) is 0. The quantitative estimate of drug-likeness (QED) is 0.179. The van der Waals surface area contributed by atoms with Crippen molar-refractivity contribution in [3.8, 4) is 33.4 Å². The second-order valence-electron chi connectivity index (χ2n) is 19.3. The third kappa shape index (κ3) is 4.12. The predicted molar refractivity (Wildman–Crippen MR) is 241 cm³/mol. The highest BCUT2D eigenvalue weighted by atomic mass is 16.3. The van der Waals surface area contributed by atoms with Gasteiger partial charge in [-0.05, 0) is 135 Å². The van der Waals surface area contributed by atoms with E-state index in [0.717, 1.165) is 22.1 Å². The molecule has 8 aliphatic carbocycles. The molecule has 0 radical (unpaired) electrons. The molecule has 5 fully saturated rings. The molecule has 4 heteroatoms. The minimum absolute atomic E-state index is 0.0785. The first-order chi connectivity index (χ1) is 29.6. The van der Waals surface area contributed by atoms with E-state index in [2.05, 4.69) is 157 Å². The van der Waals surface area contributed by atoms with Crippen molar-refractivity contribution in [2.24, 2.45) is 10.8 Å². The van der Waals surface area contributed by atoms with Crippen molar-refractivity contribution in [1.82, 2.24) is 9.97 Å². The molecule has 5 heterocycles. The van der Waals surface area contributed by atoms with Crippen LogP contribution < -0.4 is 4.90 Å². The van der Waals surface area contributed by atoms with Gasteiger partial charge >= 0.3 is 0 Å². The van der Waals surface area contributed by atoms with Crippen LogP contribution in [0.1, 0.15) is 84.2 Å². The average Bonchev–Trinajstić information content (AvgIpc) is 3.92. The highest BCUT2D eigenvalue weighted by molar-refractivity contribution is 6.13. The van der Waals surface area contributed by atoms with Gasteiger partial charge in [-0.15, -0.1) is 0 Å². The first kappa shape index (κ1) is 32.3. The zero-order valence-corrected chi connectivity index (χ0v) is 33.2. The second kappa shape index (κ2) is 11.2. The summed E-state index contributed by atoms with van der Waals surface area (Å²) >= 11 is 0. The van der Waals surface area contributed by atoms with E-state index < -0.39 is 0 Å². The summed E-state index contributed by atoms with van der Waals surface area (Å²) in [6, 6.07) is 46.5. The number of rotatable bonds is 4. The van der Waals surface area contributed by atoms with Crippen molar-refractivity contribution in [3.63, 3.8) is 0 Å². The van der Waals surface area contributed by atoms with Crippen molar-refractivity contribution in [2.75, 3.05) is 4.90 Å². The number of para-hydroxylation sites is 1. The first-order valence-electron chi connectivity index (χ1n) is 22.0. The van der Waals surface area contributed by atoms with Crippen LogP contribution in [0.3, 0.4) is 0 Å². The first-order valence-corrected chi connectivity index (χ1v) is 22.0. The Bertz CT molecular complexity index is 3160. The third-order valence-electron chi connectivity index (χ3n) is 16.0. The van der Waals surface area contributed by atoms with E-state index in [9.17, 15) is 0 Å². The fourth-order valence-electron chi connectivity index (χ4n) is 14.5. The summed E-state index contributed by atoms with van der Waals surface area (Å²) in [5, 5.41) is 2.28. The molecule has 0 N–H and O–H groups in total. The Labute approximate surface area is 348 Å². The van der Waals surface area contributed by atoms with Crippen LogP contribution in [0.2, 0.25) is 0 Å². The molecular formula is C56H41N3O. The maximum atomic E-state index is 6.51. The lowest BCUT2D eigenvalue weighted by molar-refractivity contribution is -0.150. The van der Waals surface area contributed by atoms with Crippen LogP contribution in [0.25, 0.3) is 66.6 Å². The number of furan rings is 1. The van der Waals surface area contributed by atoms with E-state index in [1.807, 2.05) is 0 Å². The fourth-order valence-corrected chi connectivity index (χ4v) is 14.5. The number of anilines is 2. The molecule has 2 unspecified atom stereocenters. The molecule has 60 heavy (non-hydrogen) atoms. The molecular weight excluding hydrogens is 731 g/mol. The van der Waals surface area contributed by atoms with Gasteiger partial charge in [0.2, 0.25) is 5.71 Å². The Kier molecular flexibility index (Phi) is 6.03. The van der Waals surface area contributed by atoms with E-state index in [0.29, 0.717) is 22.7 Å². The van der Waals surface area contributed by atoms with Crippen molar-refractivity contribution < 1.29 is 4.42 Å². The Hall–Kier alpha value is -6.52. The summed E-state index contributed by atoms with van der Waals surface area (Å²) in [6.45, 7) is 0. The summed E-state index contributed by atoms with van der Waals surface area (Å²) < 4.78 is 6.51. The molecule has 0 saturated heterocycles. The van der Waals surface area contributed by atoms with Gasteiger partial charge in [-0.2, -0.15) is 0 Å². The number of aromatic nitrogens is 2. The standard InChI is InChI=1S/C56H41N3O/c1-4-12-32(13-5-1)35-20-40(33-14-6-2-7-15-33)47(41(21-35)34-16-8-3-9-17-34)36-22-42-49-44(28-57-52-38-26-55-24-37(48(49)52)25-56(27-38,30-55)31-55)59-45-29-58-54-51(50(45)43(23-36)53(42)59)39-18-10-11-19-46(39)60-54/h1-23,28-29,37-38,43,53H,24-27,30-31H2. The molecule has 3 aromatic heterocycles. The number of hydrogen-bond acceptors (Lipinski definition) is 4. The molecule has 0 amide bonds. The van der Waals surface area contributed by atoms with Gasteiger partial charge < -0.3 is 9.32 Å². The van der Waals surface area contributed by atoms with Crippen LogP contribution in [-0.2, 0) is 0 Å². The minimum atomic E-state index is 0.0785. The van der Waals surface area contributed by atoms with Gasteiger partial charge in [0, 0.05) is 34.0 Å². The predicted octanol–water partition coefficient (Wildman–Crippen LogP) is 14.0. The summed E-state index contributed by atoms with van der Waals surface area (Å²) in [5.41, 5.74) is 22.4. The molecule has 2 atom stereocenters. The van der Waals surface area contributed by atoms with Crippen LogP contribution in [0.5, 0.6) is 0 Å². The third-order valence-corrected chi connectivity index (χ3v) is 16.0. The fraction of sp³-hybridized carbons (Fsp3) is 0.214. The second-order valence-corrected chi connectivity index (χ2v) is 19.3. The Balaban J connectivity index is 1.05. The molecule has 18 rings (SSSR count). The average molecular weight is 772 g/mol. The van der Waals surface area contributed by atoms with Gasteiger partial charge in [0.25, 0.3) is 0 Å². The SMILES string of the molecule is C1=C(c2c(-c3ccccc3)cc(-c3ccccc3)cc2-c2ccccc2)C=C2c3c(cnc4c3C3CC56CC4CC(C3)(C5)C6)N3c4cnc5oc6ccccc6c5c4C1C23. The van der Waals surface area contributed by atoms with Gasteiger partial charge in [-0.3, -0.25) is 4.98 Å². The zero-order chi connectivity index (χ0) is 38.9. The normalized spacial score (nSPS) is 26.9. The van der Waals surface area contributed by atoms with Crippen LogP contribution in [0.15, 0.2) is 156 Å². The molecule has 10 aliphatic rings. The minimum Gasteiger partial charge on any atom is -0.438 e.